The third-order valence-electron chi connectivity index (χ3n) is 4.34. The molecule has 124 valence electrons. The maximum Gasteiger partial charge on any atom is 0.161 e. The molecule has 0 saturated carbocycles. The molecule has 4 heterocycles. The van der Waals surface area contributed by atoms with Crippen LogP contribution in [0.25, 0.3) is 16.7 Å². The number of nitrogens with zero attached hydrogens (tertiary/aromatic N) is 5. The third kappa shape index (κ3) is 2.22. The normalized spacial score (nSPS) is 23.9. The van der Waals surface area contributed by atoms with Crippen LogP contribution in [0.1, 0.15) is 25.3 Å². The van der Waals surface area contributed by atoms with E-state index in [4.69, 9.17) is 4.74 Å². The predicted molar refractivity (Wildman–Crippen MR) is 84.6 cm³/mol. The molecule has 4 rings (SSSR count). The number of hydrogen-bond donors (Lipinski definition) is 1. The van der Waals surface area contributed by atoms with Crippen molar-refractivity contribution in [3.05, 3.63) is 36.7 Å². The van der Waals surface area contributed by atoms with E-state index in [-0.39, 0.29) is 5.78 Å². The number of rotatable bonds is 3. The number of carbonyl (C=O) groups excluding carboxylic acids is 1. The van der Waals surface area contributed by atoms with Gasteiger partial charge in [0.2, 0.25) is 0 Å². The molecule has 0 bridgehead atoms. The van der Waals surface area contributed by atoms with Crippen LogP contribution in [0, 0.1) is 6.92 Å². The van der Waals surface area contributed by atoms with Gasteiger partial charge in [-0.15, -0.1) is 0 Å². The standard InChI is InChI=1S/C16H17N5O3/c1-9-14-11(21-5-3-4-19-21)7-20(16(14)18-8-17-9)13-6-12(23)15(24-13)10(2)22/h3-5,7-8,12-13,15,23H,6H2,1-2H3/t12-,13+,15+/m0/s1. The molecule has 0 spiro atoms. The quantitative estimate of drug-likeness (QED) is 0.776. The van der Waals surface area contributed by atoms with E-state index in [9.17, 15) is 9.90 Å². The van der Waals surface area contributed by atoms with Gasteiger partial charge in [0.1, 0.15) is 24.3 Å². The zero-order valence-electron chi connectivity index (χ0n) is 13.3. The van der Waals surface area contributed by atoms with Crippen LogP contribution in [0.4, 0.5) is 0 Å². The van der Waals surface area contributed by atoms with Crippen LogP contribution in [0.15, 0.2) is 31.0 Å². The lowest BCUT2D eigenvalue weighted by atomic mass is 10.1. The minimum atomic E-state index is -0.818. The highest BCUT2D eigenvalue weighted by atomic mass is 16.5. The van der Waals surface area contributed by atoms with Gasteiger partial charge in [-0.2, -0.15) is 5.10 Å². The molecule has 3 aromatic rings. The van der Waals surface area contributed by atoms with Crippen molar-refractivity contribution in [1.29, 1.82) is 0 Å². The summed E-state index contributed by atoms with van der Waals surface area (Å²) in [5.41, 5.74) is 2.35. The van der Waals surface area contributed by atoms with Gasteiger partial charge in [0.05, 0.1) is 22.9 Å². The number of aromatic nitrogens is 5. The largest absolute Gasteiger partial charge is 0.390 e. The Morgan fingerprint density at radius 3 is 2.92 bits per heavy atom. The second-order valence-corrected chi connectivity index (χ2v) is 5.95. The Morgan fingerprint density at radius 2 is 2.25 bits per heavy atom. The molecule has 3 atom stereocenters. The van der Waals surface area contributed by atoms with Crippen LogP contribution in [0.5, 0.6) is 0 Å². The van der Waals surface area contributed by atoms with E-state index in [2.05, 4.69) is 15.1 Å². The number of fused-ring (bicyclic) bond motifs is 1. The molecule has 0 unspecified atom stereocenters. The van der Waals surface area contributed by atoms with E-state index < -0.39 is 18.4 Å². The highest BCUT2D eigenvalue weighted by molar-refractivity contribution is 5.88. The Labute approximate surface area is 137 Å². The summed E-state index contributed by atoms with van der Waals surface area (Å²) in [6.07, 6.45) is 5.15. The fourth-order valence-electron chi connectivity index (χ4n) is 3.21. The lowest BCUT2D eigenvalue weighted by Gasteiger charge is -2.14. The molecule has 1 aliphatic rings. The van der Waals surface area contributed by atoms with Crippen LogP contribution in [0.2, 0.25) is 0 Å². The van der Waals surface area contributed by atoms with Crippen molar-refractivity contribution in [2.75, 3.05) is 0 Å². The lowest BCUT2D eigenvalue weighted by molar-refractivity contribution is -0.133. The molecule has 0 amide bonds. The Balaban J connectivity index is 1.86. The highest BCUT2D eigenvalue weighted by Crippen LogP contribution is 2.34. The first kappa shape index (κ1) is 15.0. The van der Waals surface area contributed by atoms with E-state index in [0.717, 1.165) is 16.8 Å². The van der Waals surface area contributed by atoms with Gasteiger partial charge in [0.25, 0.3) is 0 Å². The zero-order chi connectivity index (χ0) is 16.8. The summed E-state index contributed by atoms with van der Waals surface area (Å²) in [6, 6.07) is 1.84. The molecule has 8 nitrogen and oxygen atoms in total. The van der Waals surface area contributed by atoms with Gasteiger partial charge in [-0.3, -0.25) is 4.79 Å². The van der Waals surface area contributed by atoms with E-state index >= 15 is 0 Å². The van der Waals surface area contributed by atoms with Gasteiger partial charge >= 0.3 is 0 Å². The molecule has 8 heteroatoms. The number of ketones is 1. The van der Waals surface area contributed by atoms with E-state index in [1.54, 1.807) is 10.9 Å². The summed E-state index contributed by atoms with van der Waals surface area (Å²) < 4.78 is 9.35. The van der Waals surface area contributed by atoms with Crippen molar-refractivity contribution < 1.29 is 14.6 Å². The smallest absolute Gasteiger partial charge is 0.161 e. The van der Waals surface area contributed by atoms with Crippen molar-refractivity contribution in [3.63, 3.8) is 0 Å². The van der Waals surface area contributed by atoms with Crippen LogP contribution < -0.4 is 0 Å². The van der Waals surface area contributed by atoms with Gasteiger partial charge in [-0.25, -0.2) is 14.6 Å². The molecule has 0 radical (unpaired) electrons. The number of carbonyl (C=O) groups is 1. The zero-order valence-corrected chi connectivity index (χ0v) is 13.3. The Kier molecular flexibility index (Phi) is 3.43. The number of aliphatic hydroxyl groups is 1. The summed E-state index contributed by atoms with van der Waals surface area (Å²) >= 11 is 0. The number of hydrogen-bond acceptors (Lipinski definition) is 6. The SMILES string of the molecule is CC(=O)[C@H]1O[C@@H](n2cc(-n3cccn3)c3c(C)ncnc32)C[C@@H]1O. The van der Waals surface area contributed by atoms with Gasteiger partial charge in [0, 0.05) is 25.0 Å². The maximum absolute atomic E-state index is 11.6. The van der Waals surface area contributed by atoms with E-state index in [0.29, 0.717) is 12.1 Å². The van der Waals surface area contributed by atoms with Crippen molar-refractivity contribution in [2.45, 2.75) is 38.7 Å². The Morgan fingerprint density at radius 1 is 1.42 bits per heavy atom. The number of aliphatic hydroxyl groups excluding tert-OH is 1. The summed E-state index contributed by atoms with van der Waals surface area (Å²) in [7, 11) is 0. The number of Topliss-reactive ketones (excluding diaryl/α,β-unsaturated/α-hetero) is 1. The summed E-state index contributed by atoms with van der Waals surface area (Å²) in [5.74, 6) is -0.181. The van der Waals surface area contributed by atoms with Crippen molar-refractivity contribution in [2.24, 2.45) is 0 Å². The molecule has 0 aliphatic carbocycles. The van der Waals surface area contributed by atoms with Gasteiger partial charge < -0.3 is 14.4 Å². The average Bonchev–Trinajstić information content (AvgIpc) is 3.24. The molecule has 3 aromatic heterocycles. The topological polar surface area (TPSA) is 95.1 Å². The van der Waals surface area contributed by atoms with E-state index in [1.807, 2.05) is 30.0 Å². The minimum absolute atomic E-state index is 0.181. The second kappa shape index (κ2) is 5.50. The summed E-state index contributed by atoms with van der Waals surface area (Å²) in [6.45, 7) is 3.33. The summed E-state index contributed by atoms with van der Waals surface area (Å²) in [4.78, 5) is 20.3. The lowest BCUT2D eigenvalue weighted by Crippen LogP contribution is -2.28. The second-order valence-electron chi connectivity index (χ2n) is 5.95. The third-order valence-corrected chi connectivity index (χ3v) is 4.34. The van der Waals surface area contributed by atoms with Gasteiger partial charge in [0.15, 0.2) is 5.78 Å². The van der Waals surface area contributed by atoms with Crippen LogP contribution in [0.3, 0.4) is 0 Å². The number of ether oxygens (including phenoxy) is 1. The number of aryl methyl sites for hydroxylation is 1. The molecule has 1 saturated heterocycles. The van der Waals surface area contributed by atoms with Crippen LogP contribution >= 0.6 is 0 Å². The molecular formula is C16H17N5O3. The molecule has 1 N–H and O–H groups in total. The average molecular weight is 327 g/mol. The molecular weight excluding hydrogens is 310 g/mol. The Hall–Kier alpha value is -2.58. The first-order chi connectivity index (χ1) is 11.6. The van der Waals surface area contributed by atoms with Crippen molar-refractivity contribution >= 4 is 16.8 Å². The highest BCUT2D eigenvalue weighted by Gasteiger charge is 2.38. The first-order valence-electron chi connectivity index (χ1n) is 7.72. The fraction of sp³-hybridized carbons (Fsp3) is 0.375. The van der Waals surface area contributed by atoms with Crippen LogP contribution in [-0.2, 0) is 9.53 Å². The monoisotopic (exact) mass is 327 g/mol. The fourth-order valence-corrected chi connectivity index (χ4v) is 3.21. The Bertz CT molecular complexity index is 902. The van der Waals surface area contributed by atoms with Crippen LogP contribution in [-0.4, -0.2) is 47.4 Å². The molecule has 24 heavy (non-hydrogen) atoms. The summed E-state index contributed by atoms with van der Waals surface area (Å²) in [5, 5.41) is 15.2. The van der Waals surface area contributed by atoms with E-state index in [1.165, 1.54) is 13.3 Å². The van der Waals surface area contributed by atoms with Gasteiger partial charge in [-0.05, 0) is 19.9 Å². The molecule has 1 aliphatic heterocycles. The van der Waals surface area contributed by atoms with Crippen molar-refractivity contribution in [1.82, 2.24) is 24.3 Å². The maximum atomic E-state index is 11.6. The van der Waals surface area contributed by atoms with Crippen molar-refractivity contribution in [3.8, 4) is 5.69 Å². The molecule has 0 aromatic carbocycles. The first-order valence-corrected chi connectivity index (χ1v) is 7.72. The predicted octanol–water partition coefficient (Wildman–Crippen LogP) is 1.16. The minimum Gasteiger partial charge on any atom is -0.390 e. The van der Waals surface area contributed by atoms with Gasteiger partial charge in [-0.1, -0.05) is 0 Å². The molecule has 1 fully saturated rings.